The van der Waals surface area contributed by atoms with Crippen LogP contribution in [0.25, 0.3) is 0 Å². The highest BCUT2D eigenvalue weighted by Crippen LogP contribution is 2.19. The van der Waals surface area contributed by atoms with Crippen LogP contribution >= 0.6 is 0 Å². The Bertz CT molecular complexity index is 194. The van der Waals surface area contributed by atoms with Crippen molar-refractivity contribution in [1.82, 2.24) is 10.1 Å². The van der Waals surface area contributed by atoms with Gasteiger partial charge in [-0.3, -0.25) is 0 Å². The third-order valence-electron chi connectivity index (χ3n) is 1.39. The predicted molar refractivity (Wildman–Crippen MR) is 34.3 cm³/mol. The highest BCUT2D eigenvalue weighted by atomic mass is 16.5. The number of methoxy groups -OCH3 is 1. The lowest BCUT2D eigenvalue weighted by molar-refractivity contribution is -0.00786. The van der Waals surface area contributed by atoms with Crippen LogP contribution in [0.4, 0.5) is 0 Å². The van der Waals surface area contributed by atoms with Crippen LogP contribution in [-0.2, 0) is 10.3 Å². The van der Waals surface area contributed by atoms with E-state index < -0.39 is 5.60 Å². The molecular weight excluding hydrogens is 132 g/mol. The summed E-state index contributed by atoms with van der Waals surface area (Å²) in [4.78, 5) is 3.86. The van der Waals surface area contributed by atoms with Crippen molar-refractivity contribution in [2.75, 3.05) is 7.11 Å². The Morgan fingerprint density at radius 3 is 2.70 bits per heavy atom. The topological polar surface area (TPSA) is 48.2 Å². The van der Waals surface area contributed by atoms with Crippen LogP contribution in [-0.4, -0.2) is 17.3 Å². The first kappa shape index (κ1) is 7.21. The number of hydrogen-bond donors (Lipinski definition) is 0. The summed E-state index contributed by atoms with van der Waals surface area (Å²) in [5.74, 6) is 0.495. The molecule has 0 aliphatic carbocycles. The Morgan fingerprint density at radius 2 is 2.30 bits per heavy atom. The van der Waals surface area contributed by atoms with E-state index in [1.165, 1.54) is 6.33 Å². The van der Waals surface area contributed by atoms with E-state index in [0.29, 0.717) is 5.89 Å². The van der Waals surface area contributed by atoms with Gasteiger partial charge in [0.25, 0.3) is 5.89 Å². The molecule has 4 heteroatoms. The van der Waals surface area contributed by atoms with E-state index >= 15 is 0 Å². The molecule has 0 saturated heterocycles. The summed E-state index contributed by atoms with van der Waals surface area (Å²) in [5.41, 5.74) is -0.476. The first-order valence-corrected chi connectivity index (χ1v) is 2.99. The van der Waals surface area contributed by atoms with Crippen LogP contribution in [0.15, 0.2) is 10.9 Å². The summed E-state index contributed by atoms with van der Waals surface area (Å²) < 4.78 is 9.89. The maximum Gasteiger partial charge on any atom is 0.257 e. The largest absolute Gasteiger partial charge is 0.369 e. The van der Waals surface area contributed by atoms with Crippen molar-refractivity contribution in [2.24, 2.45) is 0 Å². The van der Waals surface area contributed by atoms with Crippen LogP contribution in [0, 0.1) is 0 Å². The highest BCUT2D eigenvalue weighted by Gasteiger charge is 2.25. The Kier molecular flexibility index (Phi) is 1.72. The van der Waals surface area contributed by atoms with E-state index in [4.69, 9.17) is 9.26 Å². The molecule has 0 unspecified atom stereocenters. The molecule has 0 radical (unpaired) electrons. The van der Waals surface area contributed by atoms with Gasteiger partial charge in [0.1, 0.15) is 5.60 Å². The minimum Gasteiger partial charge on any atom is -0.369 e. The quantitative estimate of drug-likeness (QED) is 0.616. The van der Waals surface area contributed by atoms with Gasteiger partial charge >= 0.3 is 0 Å². The van der Waals surface area contributed by atoms with Gasteiger partial charge in [0.2, 0.25) is 0 Å². The second kappa shape index (κ2) is 2.38. The van der Waals surface area contributed by atoms with Gasteiger partial charge in [0.15, 0.2) is 6.33 Å². The van der Waals surface area contributed by atoms with Gasteiger partial charge in [0.05, 0.1) is 0 Å². The molecule has 0 saturated carbocycles. The molecule has 0 aliphatic heterocycles. The van der Waals surface area contributed by atoms with E-state index in [1.54, 1.807) is 7.11 Å². The number of ether oxygens (including phenoxy) is 1. The smallest absolute Gasteiger partial charge is 0.257 e. The Morgan fingerprint density at radius 1 is 1.60 bits per heavy atom. The van der Waals surface area contributed by atoms with Gasteiger partial charge in [-0.25, -0.2) is 0 Å². The van der Waals surface area contributed by atoms with Crippen molar-refractivity contribution in [3.05, 3.63) is 12.2 Å². The van der Waals surface area contributed by atoms with Crippen molar-refractivity contribution in [2.45, 2.75) is 19.4 Å². The maximum absolute atomic E-state index is 5.09. The number of hydrogen-bond acceptors (Lipinski definition) is 4. The van der Waals surface area contributed by atoms with E-state index in [0.717, 1.165) is 0 Å². The summed E-state index contributed by atoms with van der Waals surface area (Å²) in [5, 5.41) is 3.47. The lowest BCUT2D eigenvalue weighted by Gasteiger charge is -2.16. The molecule has 1 aromatic rings. The molecule has 0 N–H and O–H groups in total. The number of rotatable bonds is 2. The van der Waals surface area contributed by atoms with Crippen LogP contribution < -0.4 is 0 Å². The Hall–Kier alpha value is -0.900. The van der Waals surface area contributed by atoms with Crippen molar-refractivity contribution in [3.63, 3.8) is 0 Å². The summed E-state index contributed by atoms with van der Waals surface area (Å²) in [6, 6.07) is 0. The second-order valence-electron chi connectivity index (χ2n) is 2.46. The highest BCUT2D eigenvalue weighted by molar-refractivity contribution is 4.89. The summed E-state index contributed by atoms with van der Waals surface area (Å²) in [6.07, 6.45) is 1.36. The zero-order valence-electron chi connectivity index (χ0n) is 6.29. The summed E-state index contributed by atoms with van der Waals surface area (Å²) >= 11 is 0. The third-order valence-corrected chi connectivity index (χ3v) is 1.39. The second-order valence-corrected chi connectivity index (χ2v) is 2.46. The third kappa shape index (κ3) is 1.16. The van der Waals surface area contributed by atoms with Crippen molar-refractivity contribution in [3.8, 4) is 0 Å². The molecule has 0 aromatic carbocycles. The average Bonchev–Trinajstić information content (AvgIpc) is 2.38. The summed E-state index contributed by atoms with van der Waals surface area (Å²) in [6.45, 7) is 3.72. The average molecular weight is 142 g/mol. The minimum absolute atomic E-state index is 0.476. The van der Waals surface area contributed by atoms with E-state index in [2.05, 4.69) is 10.1 Å². The van der Waals surface area contributed by atoms with E-state index in [9.17, 15) is 0 Å². The Labute approximate surface area is 59.2 Å². The van der Waals surface area contributed by atoms with Gasteiger partial charge in [0, 0.05) is 7.11 Å². The lowest BCUT2D eigenvalue weighted by Crippen LogP contribution is -2.19. The molecule has 1 rings (SSSR count). The fraction of sp³-hybridized carbons (Fsp3) is 0.667. The van der Waals surface area contributed by atoms with E-state index in [-0.39, 0.29) is 0 Å². The van der Waals surface area contributed by atoms with Gasteiger partial charge in [-0.15, -0.1) is 0 Å². The lowest BCUT2D eigenvalue weighted by atomic mass is 10.1. The van der Waals surface area contributed by atoms with Crippen molar-refractivity contribution >= 4 is 0 Å². The summed E-state index contributed by atoms with van der Waals surface area (Å²) in [7, 11) is 1.60. The first-order chi connectivity index (χ1) is 4.67. The number of nitrogens with zero attached hydrogens (tertiary/aromatic N) is 2. The molecule has 0 aliphatic rings. The SMILES string of the molecule is COC(C)(C)c1ncno1. The molecule has 0 atom stereocenters. The fourth-order valence-corrected chi connectivity index (χ4v) is 0.526. The monoisotopic (exact) mass is 142 g/mol. The predicted octanol–water partition coefficient (Wildman–Crippen LogP) is 0.951. The fourth-order valence-electron chi connectivity index (χ4n) is 0.526. The Balaban J connectivity index is 2.85. The van der Waals surface area contributed by atoms with Crippen molar-refractivity contribution < 1.29 is 9.26 Å². The molecule has 1 heterocycles. The molecule has 0 fully saturated rings. The van der Waals surface area contributed by atoms with E-state index in [1.807, 2.05) is 13.8 Å². The molecular formula is C6H10N2O2. The van der Waals surface area contributed by atoms with Crippen LogP contribution in [0.1, 0.15) is 19.7 Å². The molecule has 4 nitrogen and oxygen atoms in total. The number of aromatic nitrogens is 2. The molecule has 0 spiro atoms. The van der Waals surface area contributed by atoms with Gasteiger partial charge in [-0.05, 0) is 13.8 Å². The zero-order valence-corrected chi connectivity index (χ0v) is 6.29. The van der Waals surface area contributed by atoms with Crippen LogP contribution in [0.2, 0.25) is 0 Å². The molecule has 0 bridgehead atoms. The van der Waals surface area contributed by atoms with Gasteiger partial charge in [-0.1, -0.05) is 5.16 Å². The first-order valence-electron chi connectivity index (χ1n) is 2.99. The standard InChI is InChI=1S/C6H10N2O2/c1-6(2,9-3)5-7-4-8-10-5/h4H,1-3H3. The maximum atomic E-state index is 5.09. The molecule has 0 amide bonds. The zero-order chi connectivity index (χ0) is 7.61. The van der Waals surface area contributed by atoms with Crippen LogP contribution in [0.3, 0.4) is 0 Å². The van der Waals surface area contributed by atoms with Gasteiger partial charge < -0.3 is 9.26 Å². The minimum atomic E-state index is -0.476. The normalized spacial score (nSPS) is 11.9. The van der Waals surface area contributed by atoms with Gasteiger partial charge in [-0.2, -0.15) is 4.98 Å². The van der Waals surface area contributed by atoms with Crippen molar-refractivity contribution in [1.29, 1.82) is 0 Å². The molecule has 56 valence electrons. The molecule has 10 heavy (non-hydrogen) atoms. The molecule has 1 aromatic heterocycles. The van der Waals surface area contributed by atoms with Crippen LogP contribution in [0.5, 0.6) is 0 Å².